The summed E-state index contributed by atoms with van der Waals surface area (Å²) in [5.41, 5.74) is 3.85. The summed E-state index contributed by atoms with van der Waals surface area (Å²) < 4.78 is 5.34. The number of rotatable bonds is 8. The van der Waals surface area contributed by atoms with E-state index < -0.39 is 6.04 Å². The third kappa shape index (κ3) is 4.84. The van der Waals surface area contributed by atoms with Gasteiger partial charge in [0.15, 0.2) is 0 Å². The van der Waals surface area contributed by atoms with Crippen LogP contribution in [-0.4, -0.2) is 30.1 Å². The predicted octanol–water partition coefficient (Wildman–Crippen LogP) is 4.04. The molecule has 0 fully saturated rings. The summed E-state index contributed by atoms with van der Waals surface area (Å²) in [7, 11) is 0. The van der Waals surface area contributed by atoms with Gasteiger partial charge in [-0.2, -0.15) is 0 Å². The number of ether oxygens (including phenoxy) is 1. The van der Waals surface area contributed by atoms with E-state index in [0.717, 1.165) is 30.6 Å². The molecule has 27 heavy (non-hydrogen) atoms. The average Bonchev–Trinajstić information content (AvgIpc) is 3.08. The summed E-state index contributed by atoms with van der Waals surface area (Å²) in [6, 6.07) is 14.4. The van der Waals surface area contributed by atoms with Crippen molar-refractivity contribution in [3.05, 3.63) is 75.3 Å². The van der Waals surface area contributed by atoms with E-state index in [1.165, 1.54) is 5.56 Å². The first-order chi connectivity index (χ1) is 13.0. The van der Waals surface area contributed by atoms with Gasteiger partial charge < -0.3 is 10.1 Å². The molecule has 2 aromatic carbocycles. The Morgan fingerprint density at radius 1 is 1.30 bits per heavy atom. The number of hydrogen-bond acceptors (Lipinski definition) is 5. The van der Waals surface area contributed by atoms with Crippen LogP contribution in [0.2, 0.25) is 0 Å². The fourth-order valence-corrected chi connectivity index (χ4v) is 3.41. The number of nitro groups is 1. The minimum atomic E-state index is -0.590. The van der Waals surface area contributed by atoms with Gasteiger partial charge in [-0.05, 0) is 42.2 Å². The van der Waals surface area contributed by atoms with Crippen LogP contribution < -0.4 is 5.32 Å². The number of carbonyl (C=O) groups excluding carboxylic acids is 1. The van der Waals surface area contributed by atoms with Crippen molar-refractivity contribution in [3.63, 3.8) is 0 Å². The normalized spacial score (nSPS) is 16.3. The van der Waals surface area contributed by atoms with Gasteiger partial charge in [0.2, 0.25) is 6.04 Å². The molecule has 1 aliphatic rings. The van der Waals surface area contributed by atoms with Gasteiger partial charge in [0.25, 0.3) is 0 Å². The molecule has 6 heteroatoms. The summed E-state index contributed by atoms with van der Waals surface area (Å²) in [5, 5.41) is 14.3. The quantitative estimate of drug-likeness (QED) is 0.329. The van der Waals surface area contributed by atoms with E-state index in [1.54, 1.807) is 19.1 Å². The van der Waals surface area contributed by atoms with Crippen LogP contribution in [0.1, 0.15) is 47.2 Å². The second-order valence-corrected chi connectivity index (χ2v) is 6.98. The first-order valence-corrected chi connectivity index (χ1v) is 9.27. The van der Waals surface area contributed by atoms with Crippen molar-refractivity contribution in [2.24, 2.45) is 0 Å². The summed E-state index contributed by atoms with van der Waals surface area (Å²) in [4.78, 5) is 22.6. The Morgan fingerprint density at radius 2 is 2.07 bits per heavy atom. The smallest absolute Gasteiger partial charge is 0.338 e. The lowest BCUT2D eigenvalue weighted by atomic mass is 9.93. The second kappa shape index (κ2) is 8.66. The maximum absolute atomic E-state index is 12.0. The van der Waals surface area contributed by atoms with Crippen LogP contribution in [0.25, 0.3) is 0 Å². The number of fused-ring (bicyclic) bond motifs is 1. The molecule has 0 radical (unpaired) electrons. The van der Waals surface area contributed by atoms with Crippen molar-refractivity contribution in [2.75, 3.05) is 18.5 Å². The molecule has 0 amide bonds. The van der Waals surface area contributed by atoms with E-state index in [9.17, 15) is 14.9 Å². The number of anilines is 1. The van der Waals surface area contributed by atoms with Crippen LogP contribution in [0.5, 0.6) is 0 Å². The number of nitrogens with one attached hydrogen (secondary N) is 1. The molecule has 0 bridgehead atoms. The van der Waals surface area contributed by atoms with E-state index in [1.807, 2.05) is 30.3 Å². The highest BCUT2D eigenvalue weighted by Gasteiger charge is 2.23. The second-order valence-electron chi connectivity index (χ2n) is 6.98. The Labute approximate surface area is 158 Å². The van der Waals surface area contributed by atoms with Gasteiger partial charge in [-0.15, -0.1) is 0 Å². The highest BCUT2D eigenvalue weighted by Crippen LogP contribution is 2.35. The van der Waals surface area contributed by atoms with Crippen molar-refractivity contribution in [1.82, 2.24) is 0 Å². The largest absolute Gasteiger partial charge is 0.462 e. The third-order valence-electron chi connectivity index (χ3n) is 4.93. The van der Waals surface area contributed by atoms with Gasteiger partial charge in [-0.1, -0.05) is 30.3 Å². The summed E-state index contributed by atoms with van der Waals surface area (Å²) >= 11 is 0. The Morgan fingerprint density at radius 3 is 2.81 bits per heavy atom. The highest BCUT2D eigenvalue weighted by molar-refractivity contribution is 5.89. The number of nitrogens with zero attached hydrogens (tertiary/aromatic N) is 1. The lowest BCUT2D eigenvalue weighted by Crippen LogP contribution is -2.17. The minimum absolute atomic E-state index is 0.246. The fraction of sp³-hybridized carbons (Fsp3) is 0.381. The third-order valence-corrected chi connectivity index (χ3v) is 4.93. The Kier molecular flexibility index (Phi) is 6.06. The minimum Gasteiger partial charge on any atom is -0.462 e. The molecule has 0 saturated carbocycles. The number of carbonyl (C=O) groups is 1. The maximum Gasteiger partial charge on any atom is 0.338 e. The van der Waals surface area contributed by atoms with Crippen LogP contribution >= 0.6 is 0 Å². The van der Waals surface area contributed by atoms with Crippen LogP contribution in [0.15, 0.2) is 48.5 Å². The van der Waals surface area contributed by atoms with Crippen LogP contribution in [-0.2, 0) is 11.2 Å². The van der Waals surface area contributed by atoms with Gasteiger partial charge in [0.05, 0.1) is 12.2 Å². The van der Waals surface area contributed by atoms with Crippen LogP contribution in [0.3, 0.4) is 0 Å². The Balaban J connectivity index is 1.51. The molecule has 0 spiro atoms. The summed E-state index contributed by atoms with van der Waals surface area (Å²) in [6.45, 7) is 2.86. The van der Waals surface area contributed by atoms with E-state index >= 15 is 0 Å². The van der Waals surface area contributed by atoms with Gasteiger partial charge in [0, 0.05) is 36.4 Å². The molecule has 0 saturated heterocycles. The maximum atomic E-state index is 12.0. The summed E-state index contributed by atoms with van der Waals surface area (Å²) in [5.74, 6) is 0.0397. The van der Waals surface area contributed by atoms with E-state index in [2.05, 4.69) is 11.4 Å². The monoisotopic (exact) mass is 368 g/mol. The predicted molar refractivity (Wildman–Crippen MR) is 104 cm³/mol. The molecule has 0 aromatic heterocycles. The van der Waals surface area contributed by atoms with Crippen molar-refractivity contribution in [2.45, 2.75) is 38.1 Å². The van der Waals surface area contributed by atoms with E-state index in [4.69, 9.17) is 4.74 Å². The molecule has 1 aliphatic heterocycles. The van der Waals surface area contributed by atoms with Crippen molar-refractivity contribution in [1.29, 1.82) is 0 Å². The zero-order valence-electron chi connectivity index (χ0n) is 15.4. The van der Waals surface area contributed by atoms with Crippen LogP contribution in [0.4, 0.5) is 5.69 Å². The Bertz CT molecular complexity index is 807. The zero-order chi connectivity index (χ0) is 19.2. The van der Waals surface area contributed by atoms with Gasteiger partial charge in [-0.3, -0.25) is 10.1 Å². The summed E-state index contributed by atoms with van der Waals surface area (Å²) in [6.07, 6.45) is 2.11. The fourth-order valence-electron chi connectivity index (χ4n) is 3.41. The number of hydrogen-bond donors (Lipinski definition) is 1. The lowest BCUT2D eigenvalue weighted by molar-refractivity contribution is -0.517. The van der Waals surface area contributed by atoms with Crippen LogP contribution in [0, 0.1) is 10.1 Å². The van der Waals surface area contributed by atoms with Crippen molar-refractivity contribution in [3.8, 4) is 0 Å². The zero-order valence-corrected chi connectivity index (χ0v) is 15.4. The van der Waals surface area contributed by atoms with Crippen molar-refractivity contribution < 1.29 is 14.5 Å². The number of benzene rings is 2. The van der Waals surface area contributed by atoms with Crippen molar-refractivity contribution >= 4 is 11.7 Å². The molecule has 2 unspecified atom stereocenters. The molecule has 142 valence electrons. The molecule has 3 rings (SSSR count). The topological polar surface area (TPSA) is 81.5 Å². The van der Waals surface area contributed by atoms with E-state index in [0.29, 0.717) is 24.5 Å². The highest BCUT2D eigenvalue weighted by atomic mass is 16.6. The molecular weight excluding hydrogens is 344 g/mol. The number of esters is 1. The molecule has 2 aromatic rings. The van der Waals surface area contributed by atoms with Gasteiger partial charge >= 0.3 is 5.97 Å². The molecular formula is C21H24N2O4. The molecule has 2 atom stereocenters. The molecule has 1 heterocycles. The Hall–Kier alpha value is -2.89. The lowest BCUT2D eigenvalue weighted by Gasteiger charge is -2.12. The standard InChI is InChI=1S/C21H24N2O4/c1-15(23(25)26)12-16-9-10-20-19(13-16)18(14-22-20)8-5-11-27-21(24)17-6-3-2-4-7-17/h2-4,6-7,9-10,13,15,18,22H,5,8,11-12,14H2,1H3. The molecule has 0 aliphatic carbocycles. The average molecular weight is 368 g/mol. The first-order valence-electron chi connectivity index (χ1n) is 9.27. The van der Waals surface area contributed by atoms with Gasteiger partial charge in [0.1, 0.15) is 0 Å². The van der Waals surface area contributed by atoms with Gasteiger partial charge in [-0.25, -0.2) is 4.79 Å². The first kappa shape index (κ1) is 18.9. The molecule has 6 nitrogen and oxygen atoms in total. The molecule has 1 N–H and O–H groups in total. The van der Waals surface area contributed by atoms with E-state index in [-0.39, 0.29) is 10.9 Å². The SMILES string of the molecule is CC(Cc1ccc2c(c1)C(CCCOC(=O)c1ccccc1)CN2)[N+](=O)[O-].